The minimum Gasteiger partial charge on any atom is -0.477 e. The lowest BCUT2D eigenvalue weighted by Gasteiger charge is -2.09. The number of anilines is 1. The lowest BCUT2D eigenvalue weighted by Crippen LogP contribution is -2.08. The van der Waals surface area contributed by atoms with Gasteiger partial charge in [-0.1, -0.05) is 23.2 Å². The first kappa shape index (κ1) is 11.9. The van der Waals surface area contributed by atoms with E-state index in [4.69, 9.17) is 38.8 Å². The summed E-state index contributed by atoms with van der Waals surface area (Å²) in [6, 6.07) is 0. The minimum absolute atomic E-state index is 0.0148. The molecule has 0 amide bonds. The van der Waals surface area contributed by atoms with Gasteiger partial charge in [0.25, 0.3) is 0 Å². The third-order valence-electron chi connectivity index (χ3n) is 1.57. The van der Waals surface area contributed by atoms with E-state index in [2.05, 4.69) is 4.98 Å². The number of hydrogen-bond donors (Lipinski definition) is 2. The van der Waals surface area contributed by atoms with Crippen molar-refractivity contribution in [2.75, 3.05) is 12.3 Å². The monoisotopic (exact) mass is 250 g/mol. The number of carboxylic acid groups (broad SMARTS) is 1. The van der Waals surface area contributed by atoms with Crippen molar-refractivity contribution in [1.82, 2.24) is 4.98 Å². The van der Waals surface area contributed by atoms with E-state index in [1.165, 1.54) is 0 Å². The summed E-state index contributed by atoms with van der Waals surface area (Å²) in [5.74, 6) is -1.32. The Labute approximate surface area is 95.8 Å². The molecular weight excluding hydrogens is 243 g/mol. The quantitative estimate of drug-likeness (QED) is 0.858. The lowest BCUT2D eigenvalue weighted by molar-refractivity contribution is 0.0690. The van der Waals surface area contributed by atoms with Gasteiger partial charge in [0, 0.05) is 0 Å². The van der Waals surface area contributed by atoms with Crippen molar-refractivity contribution in [3.63, 3.8) is 0 Å². The van der Waals surface area contributed by atoms with Crippen molar-refractivity contribution in [2.45, 2.75) is 6.92 Å². The molecule has 0 radical (unpaired) electrons. The molecular formula is C8H8Cl2N2O3. The molecule has 1 aromatic rings. The number of aromatic carboxylic acids is 1. The number of ether oxygens (including phenoxy) is 1. The number of carbonyl (C=O) groups is 1. The molecule has 0 bridgehead atoms. The van der Waals surface area contributed by atoms with Gasteiger partial charge in [-0.3, -0.25) is 0 Å². The summed E-state index contributed by atoms with van der Waals surface area (Å²) in [7, 11) is 0. The van der Waals surface area contributed by atoms with Crippen LogP contribution in [0.4, 0.5) is 5.69 Å². The van der Waals surface area contributed by atoms with Gasteiger partial charge in [-0.2, -0.15) is 0 Å². The lowest BCUT2D eigenvalue weighted by atomic mass is 10.3. The molecule has 0 aliphatic rings. The van der Waals surface area contributed by atoms with Crippen LogP contribution in [0.2, 0.25) is 10.0 Å². The zero-order chi connectivity index (χ0) is 11.6. The topological polar surface area (TPSA) is 85.4 Å². The van der Waals surface area contributed by atoms with E-state index in [9.17, 15) is 4.79 Å². The van der Waals surface area contributed by atoms with Crippen molar-refractivity contribution in [1.29, 1.82) is 0 Å². The Balaban J connectivity index is 3.38. The summed E-state index contributed by atoms with van der Waals surface area (Å²) >= 11 is 11.5. The molecule has 0 unspecified atom stereocenters. The standard InChI is InChI=1S/C8H8Cl2N2O3/c1-2-15-7-4(10)3(9)5(11)6(12-7)8(13)14/h2,11H2,1H3,(H,13,14). The Bertz CT molecular complexity index is 409. The molecule has 0 atom stereocenters. The van der Waals surface area contributed by atoms with E-state index < -0.39 is 5.97 Å². The third kappa shape index (κ3) is 2.24. The van der Waals surface area contributed by atoms with E-state index in [0.29, 0.717) is 6.61 Å². The zero-order valence-corrected chi connectivity index (χ0v) is 9.26. The Morgan fingerprint density at radius 3 is 2.60 bits per heavy atom. The highest BCUT2D eigenvalue weighted by Gasteiger charge is 2.20. The molecule has 0 fully saturated rings. The van der Waals surface area contributed by atoms with Crippen molar-refractivity contribution < 1.29 is 14.6 Å². The third-order valence-corrected chi connectivity index (χ3v) is 2.41. The first-order valence-electron chi connectivity index (χ1n) is 3.99. The van der Waals surface area contributed by atoms with Crippen LogP contribution < -0.4 is 10.5 Å². The SMILES string of the molecule is CCOc1nc(C(=O)O)c(N)c(Cl)c1Cl. The maximum absolute atomic E-state index is 10.7. The Hall–Kier alpha value is -1.20. The van der Waals surface area contributed by atoms with Gasteiger partial charge in [-0.15, -0.1) is 0 Å². The highest BCUT2D eigenvalue weighted by Crippen LogP contribution is 2.36. The fourth-order valence-corrected chi connectivity index (χ4v) is 1.29. The van der Waals surface area contributed by atoms with Crippen molar-refractivity contribution >= 4 is 34.9 Å². The van der Waals surface area contributed by atoms with E-state index in [0.717, 1.165) is 0 Å². The van der Waals surface area contributed by atoms with Crippen LogP contribution in [-0.4, -0.2) is 22.7 Å². The number of nitrogen functional groups attached to an aromatic ring is 1. The molecule has 0 saturated carbocycles. The summed E-state index contributed by atoms with van der Waals surface area (Å²) in [4.78, 5) is 14.4. The average Bonchev–Trinajstić information content (AvgIpc) is 2.18. The molecule has 3 N–H and O–H groups in total. The first-order chi connectivity index (χ1) is 6.99. The van der Waals surface area contributed by atoms with Gasteiger partial charge in [0.2, 0.25) is 5.88 Å². The summed E-state index contributed by atoms with van der Waals surface area (Å²) < 4.78 is 5.02. The molecule has 1 heterocycles. The van der Waals surface area contributed by atoms with Crippen LogP contribution in [0, 0.1) is 0 Å². The largest absolute Gasteiger partial charge is 0.477 e. The second-order valence-corrected chi connectivity index (χ2v) is 3.30. The van der Waals surface area contributed by atoms with Gasteiger partial charge in [0.1, 0.15) is 5.02 Å². The van der Waals surface area contributed by atoms with Gasteiger partial charge in [-0.05, 0) is 6.92 Å². The highest BCUT2D eigenvalue weighted by atomic mass is 35.5. The van der Waals surface area contributed by atoms with Gasteiger partial charge in [0.15, 0.2) is 5.69 Å². The number of aromatic nitrogens is 1. The van der Waals surface area contributed by atoms with E-state index in [1.54, 1.807) is 6.92 Å². The van der Waals surface area contributed by atoms with Crippen LogP contribution in [0.15, 0.2) is 0 Å². The molecule has 82 valence electrons. The zero-order valence-electron chi connectivity index (χ0n) is 7.75. The van der Waals surface area contributed by atoms with Crippen molar-refractivity contribution in [2.24, 2.45) is 0 Å². The highest BCUT2D eigenvalue weighted by molar-refractivity contribution is 6.44. The fourth-order valence-electron chi connectivity index (χ4n) is 0.922. The van der Waals surface area contributed by atoms with Crippen molar-refractivity contribution in [3.05, 3.63) is 15.7 Å². The Morgan fingerprint density at radius 2 is 2.13 bits per heavy atom. The van der Waals surface area contributed by atoms with Gasteiger partial charge in [-0.25, -0.2) is 9.78 Å². The summed E-state index contributed by atoms with van der Waals surface area (Å²) in [5.41, 5.74) is 4.90. The molecule has 7 heteroatoms. The predicted molar refractivity (Wildman–Crippen MR) is 56.8 cm³/mol. The fraction of sp³-hybridized carbons (Fsp3) is 0.250. The summed E-state index contributed by atoms with van der Waals surface area (Å²) in [6.07, 6.45) is 0. The first-order valence-corrected chi connectivity index (χ1v) is 4.75. The normalized spacial score (nSPS) is 10.1. The Kier molecular flexibility index (Phi) is 3.60. The molecule has 5 nitrogen and oxygen atoms in total. The minimum atomic E-state index is -1.29. The number of carboxylic acids is 1. The molecule has 0 saturated heterocycles. The van der Waals surface area contributed by atoms with Crippen molar-refractivity contribution in [3.8, 4) is 5.88 Å². The molecule has 15 heavy (non-hydrogen) atoms. The Morgan fingerprint density at radius 1 is 1.53 bits per heavy atom. The average molecular weight is 251 g/mol. The molecule has 1 aromatic heterocycles. The van der Waals surface area contributed by atoms with Gasteiger partial charge >= 0.3 is 5.97 Å². The number of rotatable bonds is 3. The van der Waals surface area contributed by atoms with Crippen LogP contribution in [0.1, 0.15) is 17.4 Å². The molecule has 0 aliphatic heterocycles. The number of nitrogens with two attached hydrogens (primary N) is 1. The van der Waals surface area contributed by atoms with Crippen LogP contribution >= 0.6 is 23.2 Å². The maximum atomic E-state index is 10.7. The number of halogens is 2. The van der Waals surface area contributed by atoms with Gasteiger partial charge < -0.3 is 15.6 Å². The van der Waals surface area contributed by atoms with E-state index >= 15 is 0 Å². The summed E-state index contributed by atoms with van der Waals surface area (Å²) in [5, 5.41) is 8.73. The second-order valence-electron chi connectivity index (χ2n) is 2.55. The maximum Gasteiger partial charge on any atom is 0.356 e. The smallest absolute Gasteiger partial charge is 0.356 e. The summed E-state index contributed by atoms with van der Waals surface area (Å²) in [6.45, 7) is 2.01. The van der Waals surface area contributed by atoms with E-state index in [1.807, 2.05) is 0 Å². The molecule has 0 aliphatic carbocycles. The molecule has 0 aromatic carbocycles. The predicted octanol–water partition coefficient (Wildman–Crippen LogP) is 2.07. The number of hydrogen-bond acceptors (Lipinski definition) is 4. The van der Waals surface area contributed by atoms with Crippen LogP contribution in [0.5, 0.6) is 5.88 Å². The second kappa shape index (κ2) is 4.55. The van der Waals surface area contributed by atoms with Crippen LogP contribution in [0.25, 0.3) is 0 Å². The number of nitrogens with zero attached hydrogens (tertiary/aromatic N) is 1. The van der Waals surface area contributed by atoms with Crippen LogP contribution in [-0.2, 0) is 0 Å². The van der Waals surface area contributed by atoms with Gasteiger partial charge in [0.05, 0.1) is 17.3 Å². The van der Waals surface area contributed by atoms with Crippen LogP contribution in [0.3, 0.4) is 0 Å². The van der Waals surface area contributed by atoms with E-state index in [-0.39, 0.29) is 27.3 Å². The molecule has 0 spiro atoms. The number of pyridine rings is 1. The molecule has 1 rings (SSSR count).